The fourth-order valence-electron chi connectivity index (χ4n) is 0.725. The molecular weight excluding hydrogens is 162 g/mol. The van der Waals surface area contributed by atoms with Gasteiger partial charge in [-0.05, 0) is 6.92 Å². The van der Waals surface area contributed by atoms with E-state index in [9.17, 15) is 4.79 Å². The summed E-state index contributed by atoms with van der Waals surface area (Å²) < 4.78 is 9.30. The Balaban J connectivity index is 2.53. The molecule has 6 nitrogen and oxygen atoms in total. The van der Waals surface area contributed by atoms with E-state index in [1.54, 1.807) is 0 Å². The van der Waals surface area contributed by atoms with E-state index in [1.807, 2.05) is 6.92 Å². The first-order valence-electron chi connectivity index (χ1n) is 3.63. The maximum Gasteiger partial charge on any atom is 0.438 e. The largest absolute Gasteiger partial charge is 0.438 e. The lowest BCUT2D eigenvalue weighted by molar-refractivity contribution is 0.130. The Bertz CT molecular complexity index is 280. The van der Waals surface area contributed by atoms with E-state index >= 15 is 0 Å². The summed E-state index contributed by atoms with van der Waals surface area (Å²) in [6.07, 6.45) is 0. The smallest absolute Gasteiger partial charge is 0.380 e. The number of hydrogen-bond donors (Lipinski definition) is 2. The van der Waals surface area contributed by atoms with Gasteiger partial charge >= 0.3 is 5.76 Å². The normalized spacial score (nSPS) is 13.2. The molecule has 0 radical (unpaired) electrons. The topological polar surface area (TPSA) is 94.1 Å². The summed E-state index contributed by atoms with van der Waals surface area (Å²) in [7, 11) is 0. The van der Waals surface area contributed by atoms with Crippen LogP contribution in [-0.2, 0) is 4.74 Å². The Labute approximate surface area is 68.7 Å². The van der Waals surface area contributed by atoms with Gasteiger partial charge in [-0.2, -0.15) is 0 Å². The van der Waals surface area contributed by atoms with Gasteiger partial charge in [0.2, 0.25) is 0 Å². The van der Waals surface area contributed by atoms with Crippen molar-refractivity contribution in [3.05, 3.63) is 16.4 Å². The second kappa shape index (κ2) is 4.03. The minimum Gasteiger partial charge on any atom is -0.380 e. The SMILES string of the molecule is CCOCC(N)c1noc(=O)[nH]1. The van der Waals surface area contributed by atoms with Gasteiger partial charge in [0, 0.05) is 6.61 Å². The molecule has 12 heavy (non-hydrogen) atoms. The molecule has 1 aromatic heterocycles. The minimum absolute atomic E-state index is 0.313. The maximum atomic E-state index is 10.5. The van der Waals surface area contributed by atoms with Crippen molar-refractivity contribution < 1.29 is 9.26 Å². The molecule has 0 amide bonds. The quantitative estimate of drug-likeness (QED) is 0.634. The van der Waals surface area contributed by atoms with Crippen LogP contribution in [0.2, 0.25) is 0 Å². The summed E-state index contributed by atoms with van der Waals surface area (Å²) in [4.78, 5) is 12.8. The van der Waals surface area contributed by atoms with Crippen LogP contribution in [0.1, 0.15) is 18.8 Å². The van der Waals surface area contributed by atoms with Gasteiger partial charge in [0.05, 0.1) is 12.6 Å². The van der Waals surface area contributed by atoms with E-state index in [2.05, 4.69) is 14.7 Å². The number of aromatic amines is 1. The third kappa shape index (κ3) is 2.18. The second-order valence-electron chi connectivity index (χ2n) is 2.25. The van der Waals surface area contributed by atoms with E-state index in [4.69, 9.17) is 10.5 Å². The number of aromatic nitrogens is 2. The van der Waals surface area contributed by atoms with Gasteiger partial charge in [-0.1, -0.05) is 5.16 Å². The van der Waals surface area contributed by atoms with E-state index in [0.717, 1.165) is 0 Å². The number of nitrogens with zero attached hydrogens (tertiary/aromatic N) is 1. The van der Waals surface area contributed by atoms with Gasteiger partial charge < -0.3 is 10.5 Å². The van der Waals surface area contributed by atoms with E-state index in [0.29, 0.717) is 19.0 Å². The average Bonchev–Trinajstić information content (AvgIpc) is 2.47. The summed E-state index contributed by atoms with van der Waals surface area (Å²) in [5.74, 6) is -0.287. The third-order valence-electron chi connectivity index (χ3n) is 1.31. The summed E-state index contributed by atoms with van der Waals surface area (Å²) >= 11 is 0. The Morgan fingerprint density at radius 1 is 1.83 bits per heavy atom. The molecule has 0 aliphatic rings. The molecule has 1 aromatic rings. The third-order valence-corrected chi connectivity index (χ3v) is 1.31. The highest BCUT2D eigenvalue weighted by Crippen LogP contribution is 2.00. The zero-order valence-electron chi connectivity index (χ0n) is 6.74. The van der Waals surface area contributed by atoms with Crippen LogP contribution in [0.5, 0.6) is 0 Å². The zero-order chi connectivity index (χ0) is 8.97. The van der Waals surface area contributed by atoms with Crippen LogP contribution in [0.3, 0.4) is 0 Å². The number of H-pyrrole nitrogens is 1. The number of rotatable bonds is 4. The van der Waals surface area contributed by atoms with Crippen molar-refractivity contribution in [2.75, 3.05) is 13.2 Å². The Morgan fingerprint density at radius 2 is 2.58 bits per heavy atom. The van der Waals surface area contributed by atoms with Crippen LogP contribution in [0, 0.1) is 0 Å². The second-order valence-corrected chi connectivity index (χ2v) is 2.25. The van der Waals surface area contributed by atoms with E-state index < -0.39 is 11.8 Å². The first kappa shape index (κ1) is 8.95. The lowest BCUT2D eigenvalue weighted by Crippen LogP contribution is -2.19. The summed E-state index contributed by atoms with van der Waals surface area (Å²) in [5, 5.41) is 3.42. The molecule has 0 spiro atoms. The van der Waals surface area contributed by atoms with Crippen molar-refractivity contribution in [2.45, 2.75) is 13.0 Å². The summed E-state index contributed by atoms with van der Waals surface area (Å²) in [6, 6.07) is -0.434. The molecule has 0 saturated heterocycles. The number of nitrogens with one attached hydrogen (secondary N) is 1. The molecule has 1 rings (SSSR count). The van der Waals surface area contributed by atoms with Crippen LogP contribution in [0.25, 0.3) is 0 Å². The Morgan fingerprint density at radius 3 is 3.08 bits per heavy atom. The van der Waals surface area contributed by atoms with Crippen molar-refractivity contribution in [3.8, 4) is 0 Å². The molecular formula is C6H11N3O3. The van der Waals surface area contributed by atoms with Crippen molar-refractivity contribution in [2.24, 2.45) is 5.73 Å². The number of hydrogen-bond acceptors (Lipinski definition) is 5. The Hall–Kier alpha value is -1.14. The standard InChI is InChI=1S/C6H11N3O3/c1-2-11-3-4(7)5-8-6(10)12-9-5/h4H,2-3,7H2,1H3,(H,8,9,10). The van der Waals surface area contributed by atoms with E-state index in [1.165, 1.54) is 0 Å². The van der Waals surface area contributed by atoms with Gasteiger partial charge in [0.25, 0.3) is 0 Å². The molecule has 6 heteroatoms. The Kier molecular flexibility index (Phi) is 3.01. The molecule has 0 aromatic carbocycles. The van der Waals surface area contributed by atoms with Crippen molar-refractivity contribution in [1.29, 1.82) is 0 Å². The molecule has 3 N–H and O–H groups in total. The zero-order valence-corrected chi connectivity index (χ0v) is 6.74. The van der Waals surface area contributed by atoms with Crippen molar-refractivity contribution in [3.63, 3.8) is 0 Å². The van der Waals surface area contributed by atoms with E-state index in [-0.39, 0.29) is 0 Å². The monoisotopic (exact) mass is 173 g/mol. The molecule has 0 saturated carbocycles. The first-order valence-corrected chi connectivity index (χ1v) is 3.63. The van der Waals surface area contributed by atoms with Gasteiger partial charge in [-0.15, -0.1) is 0 Å². The lowest BCUT2D eigenvalue weighted by atomic mass is 10.3. The molecule has 0 aliphatic carbocycles. The number of ether oxygens (including phenoxy) is 1. The van der Waals surface area contributed by atoms with Gasteiger partial charge in [-0.25, -0.2) is 4.79 Å². The maximum absolute atomic E-state index is 10.5. The molecule has 0 aliphatic heterocycles. The molecule has 1 heterocycles. The highest BCUT2D eigenvalue weighted by Gasteiger charge is 2.10. The fraction of sp³-hybridized carbons (Fsp3) is 0.667. The highest BCUT2D eigenvalue weighted by molar-refractivity contribution is 4.87. The van der Waals surface area contributed by atoms with Crippen LogP contribution in [0.4, 0.5) is 0 Å². The van der Waals surface area contributed by atoms with Gasteiger partial charge in [0.15, 0.2) is 5.82 Å². The number of nitrogens with two attached hydrogens (primary N) is 1. The van der Waals surface area contributed by atoms with Crippen molar-refractivity contribution >= 4 is 0 Å². The summed E-state index contributed by atoms with van der Waals surface area (Å²) in [6.45, 7) is 2.76. The highest BCUT2D eigenvalue weighted by atomic mass is 16.5. The van der Waals surface area contributed by atoms with Crippen LogP contribution in [-0.4, -0.2) is 23.4 Å². The average molecular weight is 173 g/mol. The first-order chi connectivity index (χ1) is 5.74. The molecule has 0 bridgehead atoms. The molecule has 68 valence electrons. The summed E-state index contributed by atoms with van der Waals surface area (Å²) in [5.41, 5.74) is 5.58. The molecule has 1 atom stereocenters. The predicted octanol–water partition coefficient (Wildman–Crippen LogP) is -0.601. The minimum atomic E-state index is -0.600. The fourth-order valence-corrected chi connectivity index (χ4v) is 0.725. The molecule has 0 fully saturated rings. The van der Waals surface area contributed by atoms with Crippen LogP contribution >= 0.6 is 0 Å². The lowest BCUT2D eigenvalue weighted by Gasteiger charge is -2.05. The predicted molar refractivity (Wildman–Crippen MR) is 40.5 cm³/mol. The van der Waals surface area contributed by atoms with Crippen LogP contribution < -0.4 is 11.5 Å². The van der Waals surface area contributed by atoms with Gasteiger partial charge in [-0.3, -0.25) is 9.51 Å². The van der Waals surface area contributed by atoms with Crippen molar-refractivity contribution in [1.82, 2.24) is 10.1 Å². The van der Waals surface area contributed by atoms with Crippen LogP contribution in [0.15, 0.2) is 9.32 Å². The molecule has 1 unspecified atom stereocenters. The van der Waals surface area contributed by atoms with Gasteiger partial charge in [0.1, 0.15) is 0 Å².